The van der Waals surface area contributed by atoms with Gasteiger partial charge in [-0.15, -0.1) is 0 Å². The number of benzene rings is 1. The van der Waals surface area contributed by atoms with Crippen molar-refractivity contribution in [2.24, 2.45) is 0 Å². The van der Waals surface area contributed by atoms with Crippen molar-refractivity contribution in [3.8, 4) is 0 Å². The Balaban J connectivity index is 1.95. The monoisotopic (exact) mass is 273 g/mol. The number of fused-ring (bicyclic) bond motifs is 1. The molecule has 1 saturated carbocycles. The van der Waals surface area contributed by atoms with Crippen LogP contribution in [-0.4, -0.2) is 45.2 Å². The van der Waals surface area contributed by atoms with E-state index in [1.54, 1.807) is 12.1 Å². The van der Waals surface area contributed by atoms with Crippen LogP contribution in [0, 0.1) is 0 Å². The fourth-order valence-corrected chi connectivity index (χ4v) is 2.97. The van der Waals surface area contributed by atoms with Gasteiger partial charge in [-0.1, -0.05) is 0 Å². The molecule has 5 nitrogen and oxygen atoms in total. The average molecular weight is 273 g/mol. The quantitative estimate of drug-likeness (QED) is 0.928. The zero-order valence-corrected chi connectivity index (χ0v) is 11.8. The number of carboxylic acids is 1. The average Bonchev–Trinajstić information content (AvgIpc) is 2.75. The van der Waals surface area contributed by atoms with Gasteiger partial charge >= 0.3 is 5.97 Å². The summed E-state index contributed by atoms with van der Waals surface area (Å²) < 4.78 is 2.14. The number of likely N-dealkylation sites (N-methyl/N-ethyl adjacent to an activating group) is 1. The Morgan fingerprint density at radius 3 is 2.75 bits per heavy atom. The van der Waals surface area contributed by atoms with E-state index in [0.717, 1.165) is 17.6 Å². The molecule has 0 amide bonds. The van der Waals surface area contributed by atoms with Gasteiger partial charge in [-0.2, -0.15) is 0 Å². The van der Waals surface area contributed by atoms with Crippen LogP contribution in [0.5, 0.6) is 0 Å². The number of carboxylic acid groups (broad SMARTS) is 1. The van der Waals surface area contributed by atoms with Crippen molar-refractivity contribution < 1.29 is 9.90 Å². The minimum absolute atomic E-state index is 0.221. The van der Waals surface area contributed by atoms with Crippen molar-refractivity contribution >= 4 is 17.0 Å². The van der Waals surface area contributed by atoms with Crippen molar-refractivity contribution in [1.29, 1.82) is 0 Å². The number of nitrogens with zero attached hydrogens (tertiary/aromatic N) is 3. The Hall–Kier alpha value is -1.88. The third-order valence-corrected chi connectivity index (χ3v) is 4.57. The van der Waals surface area contributed by atoms with Crippen LogP contribution < -0.4 is 0 Å². The highest BCUT2D eigenvalue weighted by Crippen LogP contribution is 2.38. The van der Waals surface area contributed by atoms with Crippen molar-refractivity contribution in [2.45, 2.75) is 31.3 Å². The summed E-state index contributed by atoms with van der Waals surface area (Å²) in [5.41, 5.74) is 2.26. The number of rotatable bonds is 4. The Bertz CT molecular complexity index is 656. The fraction of sp³-hybridized carbons (Fsp3) is 0.467. The zero-order valence-electron chi connectivity index (χ0n) is 11.8. The molecule has 1 fully saturated rings. The SMILES string of the molecule is CN(C)C1(Cn2cnc3cc(C(=O)O)ccc32)CCC1. The van der Waals surface area contributed by atoms with Crippen LogP contribution in [0.15, 0.2) is 24.5 Å². The first-order valence-electron chi connectivity index (χ1n) is 6.87. The maximum Gasteiger partial charge on any atom is 0.335 e. The molecule has 5 heteroatoms. The molecule has 20 heavy (non-hydrogen) atoms. The third-order valence-electron chi connectivity index (χ3n) is 4.57. The van der Waals surface area contributed by atoms with Crippen molar-refractivity contribution in [3.05, 3.63) is 30.1 Å². The topological polar surface area (TPSA) is 58.4 Å². The number of hydrogen-bond acceptors (Lipinski definition) is 3. The van der Waals surface area contributed by atoms with E-state index < -0.39 is 5.97 Å². The van der Waals surface area contributed by atoms with Crippen molar-refractivity contribution in [1.82, 2.24) is 14.5 Å². The van der Waals surface area contributed by atoms with Gasteiger partial charge in [-0.3, -0.25) is 0 Å². The Kier molecular flexibility index (Phi) is 3.01. The molecule has 0 radical (unpaired) electrons. The first kappa shape index (κ1) is 13.1. The summed E-state index contributed by atoms with van der Waals surface area (Å²) in [6, 6.07) is 5.14. The van der Waals surface area contributed by atoms with Gasteiger partial charge in [-0.05, 0) is 51.6 Å². The van der Waals surface area contributed by atoms with E-state index in [9.17, 15) is 4.79 Å². The molecule has 0 spiro atoms. The number of aromatic carboxylic acids is 1. The number of imidazole rings is 1. The summed E-state index contributed by atoms with van der Waals surface area (Å²) in [6.45, 7) is 0.906. The molecular weight excluding hydrogens is 254 g/mol. The van der Waals surface area contributed by atoms with Gasteiger partial charge in [0.1, 0.15) is 0 Å². The molecule has 1 aromatic carbocycles. The van der Waals surface area contributed by atoms with Crippen LogP contribution in [-0.2, 0) is 6.54 Å². The van der Waals surface area contributed by atoms with E-state index in [-0.39, 0.29) is 11.1 Å². The second kappa shape index (κ2) is 4.59. The fourth-order valence-electron chi connectivity index (χ4n) is 2.97. The third kappa shape index (κ3) is 1.98. The summed E-state index contributed by atoms with van der Waals surface area (Å²) in [7, 11) is 4.25. The molecule has 0 atom stereocenters. The highest BCUT2D eigenvalue weighted by atomic mass is 16.4. The smallest absolute Gasteiger partial charge is 0.335 e. The molecule has 0 saturated heterocycles. The lowest BCUT2D eigenvalue weighted by Gasteiger charge is -2.47. The first-order chi connectivity index (χ1) is 9.52. The molecule has 3 rings (SSSR count). The van der Waals surface area contributed by atoms with Crippen LogP contribution >= 0.6 is 0 Å². The van der Waals surface area contributed by atoms with Gasteiger partial charge in [0.2, 0.25) is 0 Å². The predicted molar refractivity (Wildman–Crippen MR) is 77.0 cm³/mol. The van der Waals surface area contributed by atoms with E-state index in [1.165, 1.54) is 19.3 Å². The second-order valence-electron chi connectivity index (χ2n) is 5.85. The van der Waals surface area contributed by atoms with Crippen LogP contribution in [0.4, 0.5) is 0 Å². The Labute approximate surface area is 117 Å². The second-order valence-corrected chi connectivity index (χ2v) is 5.85. The van der Waals surface area contributed by atoms with Gasteiger partial charge in [0, 0.05) is 12.1 Å². The molecule has 1 aliphatic carbocycles. The molecule has 1 aliphatic rings. The van der Waals surface area contributed by atoms with Crippen LogP contribution in [0.2, 0.25) is 0 Å². The lowest BCUT2D eigenvalue weighted by Crippen LogP contribution is -2.52. The molecule has 1 aromatic heterocycles. The van der Waals surface area contributed by atoms with Crippen molar-refractivity contribution in [3.63, 3.8) is 0 Å². The van der Waals surface area contributed by atoms with Crippen LogP contribution in [0.25, 0.3) is 11.0 Å². The first-order valence-corrected chi connectivity index (χ1v) is 6.87. The van der Waals surface area contributed by atoms with Crippen molar-refractivity contribution in [2.75, 3.05) is 14.1 Å². The summed E-state index contributed by atoms with van der Waals surface area (Å²) >= 11 is 0. The number of hydrogen-bond donors (Lipinski definition) is 1. The van der Waals surface area contributed by atoms with Gasteiger partial charge in [0.05, 0.1) is 22.9 Å². The molecule has 1 heterocycles. The number of carbonyl (C=O) groups is 1. The molecule has 1 N–H and O–H groups in total. The summed E-state index contributed by atoms with van der Waals surface area (Å²) in [5, 5.41) is 9.02. The molecule has 0 unspecified atom stereocenters. The largest absolute Gasteiger partial charge is 0.478 e. The highest BCUT2D eigenvalue weighted by molar-refractivity contribution is 5.92. The van der Waals surface area contributed by atoms with E-state index >= 15 is 0 Å². The summed E-state index contributed by atoms with van der Waals surface area (Å²) in [6.07, 6.45) is 5.49. The van der Waals surface area contributed by atoms with E-state index in [1.807, 2.05) is 12.4 Å². The minimum atomic E-state index is -0.912. The normalized spacial score (nSPS) is 17.4. The van der Waals surface area contributed by atoms with Gasteiger partial charge in [0.25, 0.3) is 0 Å². The van der Waals surface area contributed by atoms with Gasteiger partial charge in [-0.25, -0.2) is 9.78 Å². The molecular formula is C15H19N3O2. The van der Waals surface area contributed by atoms with Gasteiger partial charge in [0.15, 0.2) is 0 Å². The van der Waals surface area contributed by atoms with Gasteiger partial charge < -0.3 is 14.6 Å². The predicted octanol–water partition coefficient (Wildman–Crippen LogP) is 2.22. The maximum atomic E-state index is 11.0. The molecule has 0 aliphatic heterocycles. The highest BCUT2D eigenvalue weighted by Gasteiger charge is 2.39. The van der Waals surface area contributed by atoms with E-state index in [0.29, 0.717) is 0 Å². The Morgan fingerprint density at radius 2 is 2.20 bits per heavy atom. The maximum absolute atomic E-state index is 11.0. The summed E-state index contributed by atoms with van der Waals surface area (Å²) in [4.78, 5) is 17.6. The molecule has 0 bridgehead atoms. The standard InChI is InChI=1S/C15H19N3O2/c1-17(2)15(6-3-7-15)9-18-10-16-12-8-11(14(19)20)4-5-13(12)18/h4-5,8,10H,3,6-7,9H2,1-2H3,(H,19,20). The van der Waals surface area contributed by atoms with Crippen LogP contribution in [0.1, 0.15) is 29.6 Å². The summed E-state index contributed by atoms with van der Waals surface area (Å²) in [5.74, 6) is -0.912. The minimum Gasteiger partial charge on any atom is -0.478 e. The van der Waals surface area contributed by atoms with Crippen LogP contribution in [0.3, 0.4) is 0 Å². The zero-order chi connectivity index (χ0) is 14.3. The molecule has 106 valence electrons. The lowest BCUT2D eigenvalue weighted by atomic mass is 9.75. The molecule has 2 aromatic rings. The van der Waals surface area contributed by atoms with E-state index in [4.69, 9.17) is 5.11 Å². The van der Waals surface area contributed by atoms with E-state index in [2.05, 4.69) is 28.5 Å². The lowest BCUT2D eigenvalue weighted by molar-refractivity contribution is 0.0435. The number of aromatic nitrogens is 2. The Morgan fingerprint density at radius 1 is 1.45 bits per heavy atom.